The van der Waals surface area contributed by atoms with Crippen molar-refractivity contribution in [1.82, 2.24) is 0 Å². The molecule has 4 fully saturated rings. The maximum atomic E-state index is 12.2. The molecule has 4 saturated carbocycles. The molecule has 6 N–H and O–H groups in total. The van der Waals surface area contributed by atoms with E-state index in [1.807, 2.05) is 6.21 Å². The van der Waals surface area contributed by atoms with Crippen molar-refractivity contribution in [2.75, 3.05) is 13.2 Å². The summed E-state index contributed by atoms with van der Waals surface area (Å²) < 4.78 is 0. The molecular formula is C28H46N2O7. The summed E-state index contributed by atoms with van der Waals surface area (Å²) in [5, 5.41) is 41.3. The third-order valence-corrected chi connectivity index (χ3v) is 10.3. The monoisotopic (exact) mass is 522 g/mol. The van der Waals surface area contributed by atoms with Gasteiger partial charge in [-0.2, -0.15) is 0 Å². The van der Waals surface area contributed by atoms with Crippen LogP contribution >= 0.6 is 0 Å². The summed E-state index contributed by atoms with van der Waals surface area (Å²) in [6.45, 7) is 8.08. The fourth-order valence-corrected chi connectivity index (χ4v) is 8.19. The fraction of sp³-hybridized carbons (Fsp3) is 0.821. The van der Waals surface area contributed by atoms with Crippen LogP contribution in [0.1, 0.15) is 85.0 Å². The van der Waals surface area contributed by atoms with Crippen molar-refractivity contribution in [2.45, 2.75) is 96.7 Å². The van der Waals surface area contributed by atoms with Crippen LogP contribution in [0.2, 0.25) is 0 Å². The molecule has 0 unspecified atom stereocenters. The van der Waals surface area contributed by atoms with E-state index in [2.05, 4.69) is 32.0 Å². The molecule has 0 aliphatic heterocycles. The van der Waals surface area contributed by atoms with E-state index in [1.165, 1.54) is 12.8 Å². The van der Waals surface area contributed by atoms with E-state index in [9.17, 15) is 10.2 Å². The van der Waals surface area contributed by atoms with E-state index in [4.69, 9.17) is 30.4 Å². The van der Waals surface area contributed by atoms with Gasteiger partial charge in [0, 0.05) is 5.41 Å². The van der Waals surface area contributed by atoms with Crippen LogP contribution in [0.3, 0.4) is 0 Å². The summed E-state index contributed by atoms with van der Waals surface area (Å²) in [6.07, 6.45) is 14.4. The SMILES string of the molecule is CC(/C=N/OCCCN)=C\[C@H]1CC[C@]2(O)[C@@H]3CC[C@@H]4C[C@@H](O)CC[C@]4(C)[C@H]3CC[C@]12C.O=C(O)C(=O)O. The number of nitrogens with zero attached hydrogens (tertiary/aromatic N) is 1. The number of carboxylic acids is 2. The number of oxime groups is 1. The third-order valence-electron chi connectivity index (χ3n) is 10.3. The Hall–Kier alpha value is -1.97. The Kier molecular flexibility index (Phi) is 9.46. The number of hydrogen-bond donors (Lipinski definition) is 5. The third kappa shape index (κ3) is 5.88. The zero-order chi connectivity index (χ0) is 27.4. The van der Waals surface area contributed by atoms with E-state index in [0.29, 0.717) is 36.8 Å². The first kappa shape index (κ1) is 29.6. The number of carbonyl (C=O) groups is 2. The van der Waals surface area contributed by atoms with E-state index in [-0.39, 0.29) is 16.9 Å². The predicted octanol–water partition coefficient (Wildman–Crippen LogP) is 3.57. The van der Waals surface area contributed by atoms with Crippen molar-refractivity contribution in [3.8, 4) is 0 Å². The first-order valence-electron chi connectivity index (χ1n) is 13.8. The second kappa shape index (κ2) is 11.8. The highest BCUT2D eigenvalue weighted by molar-refractivity contribution is 6.27. The van der Waals surface area contributed by atoms with E-state index in [1.54, 1.807) is 0 Å². The lowest BCUT2D eigenvalue weighted by Crippen LogP contribution is -2.62. The van der Waals surface area contributed by atoms with Crippen molar-refractivity contribution in [3.05, 3.63) is 11.6 Å². The molecule has 9 heteroatoms. The molecule has 0 spiro atoms. The molecule has 0 radical (unpaired) electrons. The van der Waals surface area contributed by atoms with Crippen LogP contribution in [0.4, 0.5) is 0 Å². The predicted molar refractivity (Wildman–Crippen MR) is 140 cm³/mol. The molecular weight excluding hydrogens is 476 g/mol. The highest BCUT2D eigenvalue weighted by atomic mass is 16.6. The van der Waals surface area contributed by atoms with E-state index < -0.39 is 17.5 Å². The molecule has 0 amide bonds. The highest BCUT2D eigenvalue weighted by Crippen LogP contribution is 2.69. The topological polar surface area (TPSA) is 163 Å². The standard InChI is InChI=1S/C26H44N2O3.C2H2O4/c1-18(17-28-31-14-4-13-27)15-20-7-12-26(30)23-6-5-19-16-21(29)8-10-24(19,2)22(23)9-11-25(20,26)3;3-1(4)2(5)6/h15,17,19-23,29-30H,4-14,16,27H2,1-3H3;(H,3,4)(H,5,6)/b18-15+,28-17+;/t19-,20-,21+,22+,23-,24+,25-,26+;/m1./s1. The van der Waals surface area contributed by atoms with Gasteiger partial charge in [-0.25, -0.2) is 9.59 Å². The molecule has 0 aromatic carbocycles. The fourth-order valence-electron chi connectivity index (χ4n) is 8.19. The zero-order valence-electron chi connectivity index (χ0n) is 22.6. The highest BCUT2D eigenvalue weighted by Gasteiger charge is 2.66. The van der Waals surface area contributed by atoms with Crippen molar-refractivity contribution in [3.63, 3.8) is 0 Å². The molecule has 4 aliphatic carbocycles. The van der Waals surface area contributed by atoms with Gasteiger partial charge in [-0.1, -0.05) is 25.1 Å². The minimum absolute atomic E-state index is 0.0684. The van der Waals surface area contributed by atoms with Gasteiger partial charge in [-0.15, -0.1) is 0 Å². The van der Waals surface area contributed by atoms with Crippen LogP contribution in [-0.2, 0) is 14.4 Å². The van der Waals surface area contributed by atoms with Crippen LogP contribution in [0, 0.1) is 34.5 Å². The summed E-state index contributed by atoms with van der Waals surface area (Å²) >= 11 is 0. The Morgan fingerprint density at radius 2 is 1.73 bits per heavy atom. The molecule has 0 heterocycles. The van der Waals surface area contributed by atoms with Gasteiger partial charge in [0.2, 0.25) is 0 Å². The Labute approximate surface area is 220 Å². The normalized spacial score (nSPS) is 41.1. The number of aliphatic carboxylic acids is 2. The van der Waals surface area contributed by atoms with Crippen molar-refractivity contribution in [1.29, 1.82) is 0 Å². The van der Waals surface area contributed by atoms with Gasteiger partial charge in [0.15, 0.2) is 0 Å². The Morgan fingerprint density at radius 3 is 2.38 bits per heavy atom. The summed E-state index contributed by atoms with van der Waals surface area (Å²) in [6, 6.07) is 0. The van der Waals surface area contributed by atoms with Crippen LogP contribution in [0.5, 0.6) is 0 Å². The number of rotatable bonds is 6. The quantitative estimate of drug-likeness (QED) is 0.153. The minimum Gasteiger partial charge on any atom is -0.473 e. The summed E-state index contributed by atoms with van der Waals surface area (Å²) in [4.78, 5) is 23.5. The van der Waals surface area contributed by atoms with Gasteiger partial charge in [-0.3, -0.25) is 0 Å². The maximum absolute atomic E-state index is 12.2. The lowest BCUT2D eigenvalue weighted by Gasteiger charge is -2.63. The lowest BCUT2D eigenvalue weighted by molar-refractivity contribution is -0.207. The first-order valence-corrected chi connectivity index (χ1v) is 13.8. The number of aliphatic hydroxyl groups excluding tert-OH is 1. The van der Waals surface area contributed by atoms with Gasteiger partial charge >= 0.3 is 11.9 Å². The van der Waals surface area contributed by atoms with Crippen molar-refractivity contribution >= 4 is 18.2 Å². The average molecular weight is 523 g/mol. The smallest absolute Gasteiger partial charge is 0.414 e. The Balaban J connectivity index is 0.000000568. The Bertz CT molecular complexity index is 880. The van der Waals surface area contributed by atoms with Gasteiger partial charge in [0.05, 0.1) is 17.9 Å². The number of aliphatic hydroxyl groups is 2. The number of nitrogens with two attached hydrogens (primary N) is 1. The number of allylic oxidation sites excluding steroid dienone is 2. The van der Waals surface area contributed by atoms with Crippen LogP contribution in [0.25, 0.3) is 0 Å². The van der Waals surface area contributed by atoms with E-state index in [0.717, 1.165) is 56.9 Å². The molecule has 37 heavy (non-hydrogen) atoms. The number of carboxylic acid groups (broad SMARTS) is 2. The van der Waals surface area contributed by atoms with Gasteiger partial charge < -0.3 is 31.0 Å². The number of hydrogen-bond acceptors (Lipinski definition) is 7. The molecule has 0 bridgehead atoms. The van der Waals surface area contributed by atoms with Crippen molar-refractivity contribution in [2.24, 2.45) is 45.4 Å². The molecule has 4 aliphatic rings. The summed E-state index contributed by atoms with van der Waals surface area (Å²) in [5.74, 6) is -1.65. The molecule has 4 rings (SSSR count). The molecule has 0 aromatic heterocycles. The zero-order valence-corrected chi connectivity index (χ0v) is 22.6. The van der Waals surface area contributed by atoms with Crippen LogP contribution in [0.15, 0.2) is 16.8 Å². The molecule has 0 aromatic rings. The minimum atomic E-state index is -1.82. The lowest BCUT2D eigenvalue weighted by atomic mass is 9.43. The van der Waals surface area contributed by atoms with Gasteiger partial charge in [0.25, 0.3) is 0 Å². The van der Waals surface area contributed by atoms with Gasteiger partial charge in [-0.05, 0) is 112 Å². The maximum Gasteiger partial charge on any atom is 0.414 e. The molecule has 9 nitrogen and oxygen atoms in total. The van der Waals surface area contributed by atoms with E-state index >= 15 is 0 Å². The van der Waals surface area contributed by atoms with Gasteiger partial charge in [0.1, 0.15) is 6.61 Å². The average Bonchev–Trinajstić information content (AvgIpc) is 3.10. The number of fused-ring (bicyclic) bond motifs is 5. The summed E-state index contributed by atoms with van der Waals surface area (Å²) in [7, 11) is 0. The summed E-state index contributed by atoms with van der Waals surface area (Å²) in [5.41, 5.74) is 6.25. The molecule has 8 atom stereocenters. The van der Waals surface area contributed by atoms with Crippen LogP contribution in [-0.4, -0.2) is 63.4 Å². The largest absolute Gasteiger partial charge is 0.473 e. The second-order valence-corrected chi connectivity index (χ2v) is 12.2. The first-order chi connectivity index (χ1) is 17.4. The van der Waals surface area contributed by atoms with Crippen LogP contribution < -0.4 is 5.73 Å². The second-order valence-electron chi connectivity index (χ2n) is 12.2. The Morgan fingerprint density at radius 1 is 1.03 bits per heavy atom. The van der Waals surface area contributed by atoms with Crippen molar-refractivity contribution < 1.29 is 34.9 Å². The molecule has 210 valence electrons. The molecule has 0 saturated heterocycles.